The molecule has 3 aromatic carbocycles. The molecule has 0 amide bonds. The second-order valence-electron chi connectivity index (χ2n) is 7.91. The minimum atomic E-state index is -0.00204. The molecule has 1 heterocycles. The lowest BCUT2D eigenvalue weighted by Gasteiger charge is -2.21. The number of nitrogens with zero attached hydrogens (tertiary/aromatic N) is 1. The molecular weight excluding hydrogens is 390 g/mol. The molecule has 0 N–H and O–H groups in total. The van der Waals surface area contributed by atoms with Crippen LogP contribution in [0.4, 0.5) is 0 Å². The van der Waals surface area contributed by atoms with Gasteiger partial charge in [-0.1, -0.05) is 96.0 Å². The Morgan fingerprint density at radius 3 is 2.27 bits per heavy atom. The molecule has 0 aromatic heterocycles. The van der Waals surface area contributed by atoms with Crippen LogP contribution < -0.4 is 4.74 Å². The van der Waals surface area contributed by atoms with Gasteiger partial charge in [0.05, 0.1) is 5.03 Å². The Hall–Kier alpha value is -2.81. The lowest BCUT2D eigenvalue weighted by molar-refractivity contribution is 0.455. The van der Waals surface area contributed by atoms with Crippen LogP contribution in [0.1, 0.15) is 28.2 Å². The summed E-state index contributed by atoms with van der Waals surface area (Å²) in [6, 6.07) is 27.1. The molecule has 3 aromatic rings. The molecule has 0 aliphatic carbocycles. The average molecular weight is 416 g/mol. The monoisotopic (exact) mass is 415 g/mol. The van der Waals surface area contributed by atoms with E-state index in [0.29, 0.717) is 10.8 Å². The van der Waals surface area contributed by atoms with Crippen molar-refractivity contribution in [2.75, 3.05) is 20.6 Å². The van der Waals surface area contributed by atoms with Gasteiger partial charge in [0.1, 0.15) is 5.75 Å². The highest BCUT2D eigenvalue weighted by Crippen LogP contribution is 2.47. The van der Waals surface area contributed by atoms with E-state index in [1.54, 1.807) is 0 Å². The third-order valence-corrected chi connectivity index (χ3v) is 5.72. The van der Waals surface area contributed by atoms with E-state index in [2.05, 4.69) is 92.7 Å². The second kappa shape index (κ2) is 8.91. The molecule has 0 unspecified atom stereocenters. The van der Waals surface area contributed by atoms with Gasteiger partial charge < -0.3 is 9.64 Å². The number of halogens is 1. The van der Waals surface area contributed by atoms with Crippen LogP contribution in [0.15, 0.2) is 95.5 Å². The number of aryl methyl sites for hydroxylation is 1. The quantitative estimate of drug-likeness (QED) is 0.475. The normalized spacial score (nSPS) is 17.6. The first-order valence-electron chi connectivity index (χ1n) is 10.2. The van der Waals surface area contributed by atoms with Crippen molar-refractivity contribution >= 4 is 17.4 Å². The van der Waals surface area contributed by atoms with E-state index in [1.165, 1.54) is 11.1 Å². The summed E-state index contributed by atoms with van der Waals surface area (Å²) in [5, 5.41) is 0.658. The molecular formula is C27H26ClNO. The maximum absolute atomic E-state index is 7.11. The van der Waals surface area contributed by atoms with Gasteiger partial charge in [0.25, 0.3) is 0 Å². The summed E-state index contributed by atoms with van der Waals surface area (Å²) in [4.78, 5) is 2.14. The van der Waals surface area contributed by atoms with E-state index in [1.807, 2.05) is 18.2 Å². The molecule has 4 rings (SSSR count). The third-order valence-electron chi connectivity index (χ3n) is 5.33. The van der Waals surface area contributed by atoms with Gasteiger partial charge in [-0.2, -0.15) is 0 Å². The fraction of sp³-hybridized carbons (Fsp3) is 0.185. The van der Waals surface area contributed by atoms with E-state index >= 15 is 0 Å². The van der Waals surface area contributed by atoms with Gasteiger partial charge in [-0.05, 0) is 38.2 Å². The predicted octanol–water partition coefficient (Wildman–Crippen LogP) is 6.61. The largest absolute Gasteiger partial charge is 0.455 e. The van der Waals surface area contributed by atoms with Crippen molar-refractivity contribution in [3.63, 3.8) is 0 Å². The minimum Gasteiger partial charge on any atom is -0.455 e. The van der Waals surface area contributed by atoms with E-state index in [9.17, 15) is 0 Å². The maximum atomic E-state index is 7.11. The van der Waals surface area contributed by atoms with Gasteiger partial charge in [0.15, 0.2) is 5.76 Å². The molecule has 0 spiro atoms. The SMILES string of the molecule is Cc1ccc(C2=C(Cl)C(=CCN(C)C)[C@H](c3ccccc3)c3ccccc3O2)cc1. The minimum absolute atomic E-state index is 0.00204. The highest BCUT2D eigenvalue weighted by Gasteiger charge is 2.30. The first kappa shape index (κ1) is 20.5. The topological polar surface area (TPSA) is 12.5 Å². The number of rotatable bonds is 4. The zero-order valence-corrected chi connectivity index (χ0v) is 18.4. The number of fused-ring (bicyclic) bond motifs is 1. The molecule has 3 heteroatoms. The van der Waals surface area contributed by atoms with Crippen molar-refractivity contribution in [2.24, 2.45) is 0 Å². The summed E-state index contributed by atoms with van der Waals surface area (Å²) in [6.45, 7) is 2.87. The Balaban J connectivity index is 1.97. The standard InChI is InChI=1S/C27H26ClNO/c1-19-13-15-21(16-14-19)27-26(28)23(17-18-29(2)3)25(20-9-5-4-6-10-20)22-11-7-8-12-24(22)30-27/h4-17,25H,18H2,1-3H3/t25-/m1/s1. The van der Waals surface area contributed by atoms with Gasteiger partial charge in [0, 0.05) is 23.6 Å². The average Bonchev–Trinajstić information content (AvgIpc) is 2.88. The Morgan fingerprint density at radius 1 is 0.900 bits per heavy atom. The lowest BCUT2D eigenvalue weighted by Crippen LogP contribution is -2.13. The van der Waals surface area contributed by atoms with Crippen molar-refractivity contribution in [2.45, 2.75) is 12.8 Å². The van der Waals surface area contributed by atoms with Gasteiger partial charge in [-0.3, -0.25) is 0 Å². The molecule has 0 bridgehead atoms. The third kappa shape index (κ3) is 4.21. The number of hydrogen-bond donors (Lipinski definition) is 0. The smallest absolute Gasteiger partial charge is 0.153 e. The first-order valence-corrected chi connectivity index (χ1v) is 10.6. The van der Waals surface area contributed by atoms with Crippen LogP contribution in [0, 0.1) is 6.92 Å². The van der Waals surface area contributed by atoms with Crippen molar-refractivity contribution in [1.82, 2.24) is 4.90 Å². The number of para-hydroxylation sites is 1. The summed E-state index contributed by atoms with van der Waals surface area (Å²) in [5.74, 6) is 1.54. The van der Waals surface area contributed by atoms with E-state index in [4.69, 9.17) is 16.3 Å². The van der Waals surface area contributed by atoms with Gasteiger partial charge in [0.2, 0.25) is 0 Å². The van der Waals surface area contributed by atoms with E-state index in [-0.39, 0.29) is 5.92 Å². The van der Waals surface area contributed by atoms with Crippen LogP contribution in [0.5, 0.6) is 5.75 Å². The molecule has 152 valence electrons. The van der Waals surface area contributed by atoms with Crippen LogP contribution in [0.3, 0.4) is 0 Å². The summed E-state index contributed by atoms with van der Waals surface area (Å²) in [5.41, 5.74) is 5.56. The molecule has 1 aliphatic heterocycles. The zero-order chi connectivity index (χ0) is 21.1. The summed E-state index contributed by atoms with van der Waals surface area (Å²) < 4.78 is 6.48. The lowest BCUT2D eigenvalue weighted by atomic mass is 9.84. The fourth-order valence-electron chi connectivity index (χ4n) is 3.78. The summed E-state index contributed by atoms with van der Waals surface area (Å²) in [7, 11) is 4.13. The molecule has 30 heavy (non-hydrogen) atoms. The van der Waals surface area contributed by atoms with Gasteiger partial charge in [-0.25, -0.2) is 0 Å². The molecule has 1 atom stereocenters. The summed E-state index contributed by atoms with van der Waals surface area (Å²) in [6.07, 6.45) is 2.22. The maximum Gasteiger partial charge on any atom is 0.153 e. The second-order valence-corrected chi connectivity index (χ2v) is 8.29. The Bertz CT molecular complexity index is 1080. The van der Waals surface area contributed by atoms with Crippen molar-refractivity contribution < 1.29 is 4.74 Å². The van der Waals surface area contributed by atoms with E-state index in [0.717, 1.165) is 29.0 Å². The zero-order valence-electron chi connectivity index (χ0n) is 17.6. The number of benzene rings is 3. The van der Waals surface area contributed by atoms with Crippen LogP contribution in [0.25, 0.3) is 5.76 Å². The van der Waals surface area contributed by atoms with Crippen molar-refractivity contribution in [3.05, 3.63) is 118 Å². The Morgan fingerprint density at radius 2 is 1.57 bits per heavy atom. The van der Waals surface area contributed by atoms with E-state index < -0.39 is 0 Å². The number of allylic oxidation sites excluding steroid dienone is 2. The molecule has 0 radical (unpaired) electrons. The first-order chi connectivity index (χ1) is 14.5. The molecule has 2 nitrogen and oxygen atoms in total. The van der Waals surface area contributed by atoms with Crippen molar-refractivity contribution in [1.29, 1.82) is 0 Å². The molecule has 0 saturated heterocycles. The Kier molecular flexibility index (Phi) is 6.08. The fourth-order valence-corrected chi connectivity index (χ4v) is 4.11. The van der Waals surface area contributed by atoms with Crippen LogP contribution >= 0.6 is 11.6 Å². The van der Waals surface area contributed by atoms with Gasteiger partial charge >= 0.3 is 0 Å². The highest BCUT2D eigenvalue weighted by molar-refractivity contribution is 6.35. The van der Waals surface area contributed by atoms with Crippen LogP contribution in [-0.4, -0.2) is 25.5 Å². The predicted molar refractivity (Wildman–Crippen MR) is 126 cm³/mol. The number of likely N-dealkylation sites (N-methyl/N-ethyl adjacent to an activating group) is 1. The van der Waals surface area contributed by atoms with Gasteiger partial charge in [-0.15, -0.1) is 0 Å². The molecule has 1 aliphatic rings. The highest BCUT2D eigenvalue weighted by atomic mass is 35.5. The Labute approximate surface area is 184 Å². The van der Waals surface area contributed by atoms with Crippen LogP contribution in [0.2, 0.25) is 0 Å². The van der Waals surface area contributed by atoms with Crippen LogP contribution in [-0.2, 0) is 0 Å². The summed E-state index contributed by atoms with van der Waals surface area (Å²) >= 11 is 7.11. The number of hydrogen-bond acceptors (Lipinski definition) is 2. The molecule has 0 saturated carbocycles. The van der Waals surface area contributed by atoms with Crippen molar-refractivity contribution in [3.8, 4) is 5.75 Å². The number of ether oxygens (including phenoxy) is 1. The molecule has 0 fully saturated rings.